The molecule has 0 saturated carbocycles. The number of rotatable bonds is 10. The average molecular weight is 493 g/mol. The first-order valence-corrected chi connectivity index (χ1v) is 15.7. The molecule has 6 heteroatoms. The summed E-state index contributed by atoms with van der Waals surface area (Å²) >= 11 is 0. The molecule has 0 N–H and O–H groups in total. The predicted molar refractivity (Wildman–Crippen MR) is 141 cm³/mol. The molecule has 1 saturated heterocycles. The fourth-order valence-electron chi connectivity index (χ4n) is 5.51. The minimum absolute atomic E-state index is 0.0402. The lowest BCUT2D eigenvalue weighted by atomic mass is 9.63. The van der Waals surface area contributed by atoms with Crippen LogP contribution in [0.3, 0.4) is 0 Å². The highest BCUT2D eigenvalue weighted by Crippen LogP contribution is 2.55. The number of allylic oxidation sites excluding steroid dienone is 2. The first-order valence-electron chi connectivity index (χ1n) is 13.2. The van der Waals surface area contributed by atoms with Crippen LogP contribution in [0, 0.1) is 5.41 Å². The average Bonchev–Trinajstić information content (AvgIpc) is 3.04. The van der Waals surface area contributed by atoms with Gasteiger partial charge in [0, 0.05) is 17.9 Å². The molecule has 3 atom stereocenters. The van der Waals surface area contributed by atoms with E-state index in [1.807, 2.05) is 6.92 Å². The maximum atomic E-state index is 12.1. The van der Waals surface area contributed by atoms with Crippen LogP contribution in [0.1, 0.15) is 82.1 Å². The predicted octanol–water partition coefficient (Wildman–Crippen LogP) is 7.10. The van der Waals surface area contributed by atoms with Gasteiger partial charge in [-0.3, -0.25) is 0 Å². The molecule has 1 heterocycles. The van der Waals surface area contributed by atoms with Gasteiger partial charge in [-0.15, -0.1) is 0 Å². The Morgan fingerprint density at radius 1 is 1.09 bits per heavy atom. The molecular weight excluding hydrogens is 444 g/mol. The zero-order valence-electron chi connectivity index (χ0n) is 23.2. The zero-order chi connectivity index (χ0) is 25.8. The van der Waals surface area contributed by atoms with E-state index in [1.165, 1.54) is 0 Å². The van der Waals surface area contributed by atoms with E-state index in [-0.39, 0.29) is 23.6 Å². The second kappa shape index (κ2) is 11.2. The lowest BCUT2D eigenvalue weighted by Gasteiger charge is -2.55. The Labute approximate surface area is 209 Å². The van der Waals surface area contributed by atoms with E-state index in [0.29, 0.717) is 13.0 Å². The fraction of sp³-hybridized carbons (Fsp3) is 0.750. The minimum atomic E-state index is -2.00. The fourth-order valence-corrected chi connectivity index (χ4v) is 8.64. The zero-order valence-corrected chi connectivity index (χ0v) is 24.2. The molecule has 2 rings (SSSR count). The molecule has 0 aromatic rings. The third-order valence-corrected chi connectivity index (χ3v) is 12.6. The number of ether oxygens (including phenoxy) is 3. The third kappa shape index (κ3) is 5.77. The van der Waals surface area contributed by atoms with Gasteiger partial charge in [0.15, 0.2) is 14.1 Å². The summed E-state index contributed by atoms with van der Waals surface area (Å²) in [6.45, 7) is 21.8. The van der Waals surface area contributed by atoms with Crippen LogP contribution >= 0.6 is 0 Å². The van der Waals surface area contributed by atoms with Gasteiger partial charge in [-0.05, 0) is 75.5 Å². The van der Waals surface area contributed by atoms with E-state index in [2.05, 4.69) is 80.5 Å². The van der Waals surface area contributed by atoms with Crippen molar-refractivity contribution in [2.24, 2.45) is 5.41 Å². The Kier molecular flexibility index (Phi) is 9.59. The van der Waals surface area contributed by atoms with Gasteiger partial charge in [0.05, 0.1) is 18.8 Å². The highest BCUT2D eigenvalue weighted by Gasteiger charge is 2.59. The normalized spacial score (nSPS) is 31.8. The number of carbonyl (C=O) groups is 1. The van der Waals surface area contributed by atoms with Gasteiger partial charge >= 0.3 is 5.97 Å². The van der Waals surface area contributed by atoms with Crippen molar-refractivity contribution in [3.8, 4) is 0 Å². The molecule has 0 radical (unpaired) electrons. The molecule has 0 aromatic heterocycles. The first-order chi connectivity index (χ1) is 15.9. The van der Waals surface area contributed by atoms with Crippen molar-refractivity contribution in [3.63, 3.8) is 0 Å². The van der Waals surface area contributed by atoms with Crippen LogP contribution in [0.5, 0.6) is 0 Å². The summed E-state index contributed by atoms with van der Waals surface area (Å²) < 4.78 is 25.3. The summed E-state index contributed by atoms with van der Waals surface area (Å²) in [6.07, 6.45) is 9.53. The highest BCUT2D eigenvalue weighted by atomic mass is 28.4. The summed E-state index contributed by atoms with van der Waals surface area (Å²) in [5, 5.41) is 0. The van der Waals surface area contributed by atoms with Crippen molar-refractivity contribution < 1.29 is 23.4 Å². The maximum Gasteiger partial charge on any atom is 0.331 e. The molecule has 0 aromatic carbocycles. The number of esters is 1. The Morgan fingerprint density at radius 2 is 1.65 bits per heavy atom. The van der Waals surface area contributed by atoms with Gasteiger partial charge in [0.1, 0.15) is 5.60 Å². The molecule has 1 aliphatic heterocycles. The van der Waals surface area contributed by atoms with Crippen molar-refractivity contribution in [2.45, 2.75) is 124 Å². The van der Waals surface area contributed by atoms with Gasteiger partial charge < -0.3 is 18.6 Å². The van der Waals surface area contributed by atoms with E-state index in [1.54, 1.807) is 6.08 Å². The van der Waals surface area contributed by atoms with E-state index in [9.17, 15) is 4.79 Å². The molecular formula is C28H48O5Si. The highest BCUT2D eigenvalue weighted by molar-refractivity contribution is 6.73. The van der Waals surface area contributed by atoms with Gasteiger partial charge in [-0.1, -0.05) is 47.6 Å². The lowest BCUT2D eigenvalue weighted by molar-refractivity contribution is -0.181. The second-order valence-electron chi connectivity index (χ2n) is 10.6. The summed E-state index contributed by atoms with van der Waals surface area (Å²) in [5.41, 5.74) is 1.13. The van der Waals surface area contributed by atoms with Crippen molar-refractivity contribution >= 4 is 14.3 Å². The SMILES string of the molecule is CCOC(=O)C=C(C=CC1(O[Si](CC)(CC)CC)C(C)=CC2(CC1(C)C)OC(C)C(C)O2)CC. The summed E-state index contributed by atoms with van der Waals surface area (Å²) in [7, 11) is -2.00. The van der Waals surface area contributed by atoms with Crippen LogP contribution < -0.4 is 0 Å². The smallest absolute Gasteiger partial charge is 0.331 e. The number of hydrogen-bond donors (Lipinski definition) is 0. The molecule has 0 bridgehead atoms. The Hall–Kier alpha value is -1.21. The molecule has 1 spiro atoms. The standard InChI is InChI=1S/C28H48O5Si/c1-11-24(18-25(29)30-12-2)16-17-28(33-34(13-3,14-4)15-5)21(6)19-27(20-26(28,9)10)31-22(7)23(8)32-27/h16-19,22-23H,11-15,20H2,1-10H3. The van der Waals surface area contributed by atoms with Crippen LogP contribution in [-0.2, 0) is 23.4 Å². The Balaban J connectivity index is 2.65. The third-order valence-electron chi connectivity index (χ3n) is 7.99. The molecule has 1 aliphatic carbocycles. The molecule has 2 aliphatic rings. The van der Waals surface area contributed by atoms with Crippen LogP contribution in [0.4, 0.5) is 0 Å². The van der Waals surface area contributed by atoms with Crippen molar-refractivity contribution in [1.82, 2.24) is 0 Å². The quantitative estimate of drug-likeness (QED) is 0.107. The van der Waals surface area contributed by atoms with Crippen LogP contribution in [0.2, 0.25) is 18.1 Å². The van der Waals surface area contributed by atoms with Crippen molar-refractivity contribution in [1.29, 1.82) is 0 Å². The molecule has 3 unspecified atom stereocenters. The summed E-state index contributed by atoms with van der Waals surface area (Å²) in [5.74, 6) is -1.03. The minimum Gasteiger partial charge on any atom is -0.463 e. The molecule has 34 heavy (non-hydrogen) atoms. The van der Waals surface area contributed by atoms with Crippen molar-refractivity contribution in [2.75, 3.05) is 6.61 Å². The second-order valence-corrected chi connectivity index (χ2v) is 15.3. The molecule has 194 valence electrons. The Bertz CT molecular complexity index is 789. The maximum absolute atomic E-state index is 12.1. The topological polar surface area (TPSA) is 54.0 Å². The number of hydrogen-bond acceptors (Lipinski definition) is 5. The lowest BCUT2D eigenvalue weighted by Crippen LogP contribution is -2.59. The van der Waals surface area contributed by atoms with E-state index in [0.717, 1.165) is 35.7 Å². The van der Waals surface area contributed by atoms with Crippen LogP contribution in [-0.4, -0.2) is 44.5 Å². The Morgan fingerprint density at radius 3 is 2.09 bits per heavy atom. The van der Waals surface area contributed by atoms with Crippen LogP contribution in [0.25, 0.3) is 0 Å². The van der Waals surface area contributed by atoms with Crippen LogP contribution in [0.15, 0.2) is 35.5 Å². The van der Waals surface area contributed by atoms with E-state index < -0.39 is 19.7 Å². The van der Waals surface area contributed by atoms with Gasteiger partial charge in [0.25, 0.3) is 0 Å². The van der Waals surface area contributed by atoms with Gasteiger partial charge in [-0.25, -0.2) is 4.79 Å². The van der Waals surface area contributed by atoms with Gasteiger partial charge in [-0.2, -0.15) is 0 Å². The monoisotopic (exact) mass is 492 g/mol. The van der Waals surface area contributed by atoms with Gasteiger partial charge in [0.2, 0.25) is 0 Å². The van der Waals surface area contributed by atoms with Crippen molar-refractivity contribution in [3.05, 3.63) is 35.5 Å². The first kappa shape index (κ1) is 29.0. The largest absolute Gasteiger partial charge is 0.463 e. The van der Waals surface area contributed by atoms with E-state index in [4.69, 9.17) is 18.6 Å². The van der Waals surface area contributed by atoms with E-state index >= 15 is 0 Å². The summed E-state index contributed by atoms with van der Waals surface area (Å²) in [6, 6.07) is 3.18. The number of carbonyl (C=O) groups excluding carboxylic acids is 1. The molecule has 5 nitrogen and oxygen atoms in total. The molecule has 1 fully saturated rings. The summed E-state index contributed by atoms with van der Waals surface area (Å²) in [4.78, 5) is 12.1. The molecule has 0 amide bonds.